The van der Waals surface area contributed by atoms with E-state index in [4.69, 9.17) is 0 Å². The lowest BCUT2D eigenvalue weighted by molar-refractivity contribution is 0.587. The highest BCUT2D eigenvalue weighted by Gasteiger charge is 2.22. The second kappa shape index (κ2) is 5.98. The maximum Gasteiger partial charge on any atom is 0.188 e. The number of hydrogen-bond acceptors (Lipinski definition) is 2. The van der Waals surface area contributed by atoms with Crippen LogP contribution in [-0.4, -0.2) is 14.3 Å². The van der Waals surface area contributed by atoms with E-state index >= 15 is 0 Å². The fourth-order valence-electron chi connectivity index (χ4n) is 2.73. The SMILES string of the molecule is Cc1cn(-c2cn(C)nc2Br)c(-c2c(F)cccc2F)c(C)c1=O. The van der Waals surface area contributed by atoms with Crippen LogP contribution in [0.3, 0.4) is 0 Å². The molecule has 0 aliphatic carbocycles. The maximum absolute atomic E-state index is 14.4. The molecule has 0 spiro atoms. The van der Waals surface area contributed by atoms with Crippen LogP contribution in [0.2, 0.25) is 0 Å². The Balaban J connectivity index is 2.47. The van der Waals surface area contributed by atoms with Gasteiger partial charge in [-0.1, -0.05) is 6.07 Å². The van der Waals surface area contributed by atoms with Gasteiger partial charge in [0, 0.05) is 30.6 Å². The molecule has 3 rings (SSSR count). The van der Waals surface area contributed by atoms with Gasteiger partial charge in [-0.05, 0) is 41.9 Å². The Labute approximate surface area is 145 Å². The minimum Gasteiger partial charge on any atom is -0.312 e. The van der Waals surface area contributed by atoms with Crippen LogP contribution in [0.5, 0.6) is 0 Å². The van der Waals surface area contributed by atoms with Crippen molar-refractivity contribution in [3.05, 3.63) is 68.2 Å². The van der Waals surface area contributed by atoms with E-state index in [-0.39, 0.29) is 22.2 Å². The summed E-state index contributed by atoms with van der Waals surface area (Å²) in [5.41, 5.74) is 1.03. The van der Waals surface area contributed by atoms with E-state index in [0.29, 0.717) is 15.9 Å². The summed E-state index contributed by atoms with van der Waals surface area (Å²) in [6, 6.07) is 3.63. The fraction of sp³-hybridized carbons (Fsp3) is 0.176. The monoisotopic (exact) mass is 393 g/mol. The summed E-state index contributed by atoms with van der Waals surface area (Å²) in [5, 5.41) is 4.20. The molecule has 2 heterocycles. The number of aryl methyl sites for hydroxylation is 2. The Morgan fingerprint density at radius 2 is 1.75 bits per heavy atom. The van der Waals surface area contributed by atoms with Gasteiger partial charge in [0.1, 0.15) is 11.6 Å². The zero-order valence-electron chi connectivity index (χ0n) is 13.3. The first-order chi connectivity index (χ1) is 11.3. The lowest BCUT2D eigenvalue weighted by Crippen LogP contribution is -2.17. The van der Waals surface area contributed by atoms with E-state index in [1.54, 1.807) is 42.5 Å². The fourth-order valence-corrected chi connectivity index (χ4v) is 3.28. The molecular weight excluding hydrogens is 380 g/mol. The first kappa shape index (κ1) is 16.6. The highest BCUT2D eigenvalue weighted by atomic mass is 79.9. The summed E-state index contributed by atoms with van der Waals surface area (Å²) in [6.07, 6.45) is 3.27. The first-order valence-electron chi connectivity index (χ1n) is 7.18. The minimum atomic E-state index is -0.727. The molecule has 0 radical (unpaired) electrons. The zero-order valence-corrected chi connectivity index (χ0v) is 14.9. The van der Waals surface area contributed by atoms with Crippen LogP contribution < -0.4 is 5.43 Å². The van der Waals surface area contributed by atoms with Gasteiger partial charge in [-0.2, -0.15) is 5.10 Å². The van der Waals surface area contributed by atoms with E-state index in [2.05, 4.69) is 21.0 Å². The second-order valence-electron chi connectivity index (χ2n) is 5.56. The number of halogens is 3. The molecule has 0 fully saturated rings. The van der Waals surface area contributed by atoms with Crippen LogP contribution in [0.4, 0.5) is 8.78 Å². The molecule has 7 heteroatoms. The molecule has 0 N–H and O–H groups in total. The van der Waals surface area contributed by atoms with Crippen molar-refractivity contribution in [3.8, 4) is 16.9 Å². The molecular formula is C17H14BrF2N3O. The van der Waals surface area contributed by atoms with Gasteiger partial charge in [0.2, 0.25) is 0 Å². The summed E-state index contributed by atoms with van der Waals surface area (Å²) in [4.78, 5) is 12.4. The van der Waals surface area contributed by atoms with Crippen molar-refractivity contribution < 1.29 is 8.78 Å². The summed E-state index contributed by atoms with van der Waals surface area (Å²) < 4.78 is 32.4. The van der Waals surface area contributed by atoms with Gasteiger partial charge in [-0.15, -0.1) is 0 Å². The van der Waals surface area contributed by atoms with E-state index < -0.39 is 11.6 Å². The number of benzene rings is 1. The molecule has 124 valence electrons. The maximum atomic E-state index is 14.4. The number of aromatic nitrogens is 3. The number of hydrogen-bond donors (Lipinski definition) is 0. The molecule has 0 aliphatic heterocycles. The van der Waals surface area contributed by atoms with Gasteiger partial charge < -0.3 is 4.57 Å². The number of nitrogens with zero attached hydrogens (tertiary/aromatic N) is 3. The van der Waals surface area contributed by atoms with Crippen molar-refractivity contribution in [2.45, 2.75) is 13.8 Å². The van der Waals surface area contributed by atoms with Gasteiger partial charge >= 0.3 is 0 Å². The molecule has 0 atom stereocenters. The van der Waals surface area contributed by atoms with E-state index in [9.17, 15) is 13.6 Å². The minimum absolute atomic E-state index is 0.176. The van der Waals surface area contributed by atoms with Crippen LogP contribution in [0.1, 0.15) is 11.1 Å². The molecule has 24 heavy (non-hydrogen) atoms. The average Bonchev–Trinajstić information content (AvgIpc) is 2.85. The third-order valence-corrected chi connectivity index (χ3v) is 4.41. The van der Waals surface area contributed by atoms with E-state index in [0.717, 1.165) is 0 Å². The van der Waals surface area contributed by atoms with Crippen molar-refractivity contribution in [1.29, 1.82) is 0 Å². The lowest BCUT2D eigenvalue weighted by atomic mass is 10.0. The normalized spacial score (nSPS) is 11.1. The standard InChI is InChI=1S/C17H14BrF2N3O/c1-9-7-23(13-8-22(3)21-17(13)18)15(10(2)16(9)24)14-11(19)5-4-6-12(14)20/h4-8H,1-3H3. The molecule has 0 aliphatic rings. The van der Waals surface area contributed by atoms with Crippen LogP contribution in [0.15, 0.2) is 40.0 Å². The molecule has 0 saturated heterocycles. The summed E-state index contributed by atoms with van der Waals surface area (Å²) in [7, 11) is 1.74. The molecule has 2 aromatic heterocycles. The largest absolute Gasteiger partial charge is 0.312 e. The van der Waals surface area contributed by atoms with Gasteiger partial charge in [-0.25, -0.2) is 8.78 Å². The molecule has 0 bridgehead atoms. The summed E-state index contributed by atoms with van der Waals surface area (Å²) in [5.74, 6) is -1.45. The predicted octanol–water partition coefficient (Wildman–Crippen LogP) is 3.90. The van der Waals surface area contributed by atoms with Crippen molar-refractivity contribution >= 4 is 15.9 Å². The van der Waals surface area contributed by atoms with Gasteiger partial charge in [0.25, 0.3) is 0 Å². The molecule has 0 amide bonds. The second-order valence-corrected chi connectivity index (χ2v) is 6.31. The van der Waals surface area contributed by atoms with Crippen LogP contribution in [0, 0.1) is 25.5 Å². The van der Waals surface area contributed by atoms with Gasteiger partial charge in [0.05, 0.1) is 16.9 Å². The Morgan fingerprint density at radius 3 is 2.29 bits per heavy atom. The molecule has 4 nitrogen and oxygen atoms in total. The third kappa shape index (κ3) is 2.58. The Hall–Kier alpha value is -2.28. The molecule has 0 saturated carbocycles. The van der Waals surface area contributed by atoms with Crippen LogP contribution >= 0.6 is 15.9 Å². The van der Waals surface area contributed by atoms with Crippen molar-refractivity contribution in [2.24, 2.45) is 7.05 Å². The van der Waals surface area contributed by atoms with Crippen molar-refractivity contribution in [1.82, 2.24) is 14.3 Å². The van der Waals surface area contributed by atoms with E-state index in [1.807, 2.05) is 0 Å². The third-order valence-electron chi connectivity index (χ3n) is 3.84. The number of rotatable bonds is 2. The smallest absolute Gasteiger partial charge is 0.188 e. The highest BCUT2D eigenvalue weighted by Crippen LogP contribution is 2.32. The van der Waals surface area contributed by atoms with Gasteiger partial charge in [0.15, 0.2) is 10.0 Å². The van der Waals surface area contributed by atoms with Crippen LogP contribution in [0.25, 0.3) is 16.9 Å². The Morgan fingerprint density at radius 1 is 1.12 bits per heavy atom. The Bertz CT molecular complexity index is 988. The molecule has 3 aromatic rings. The highest BCUT2D eigenvalue weighted by molar-refractivity contribution is 9.10. The van der Waals surface area contributed by atoms with Crippen molar-refractivity contribution in [2.75, 3.05) is 0 Å². The molecule has 0 unspecified atom stereocenters. The lowest BCUT2D eigenvalue weighted by Gasteiger charge is -2.17. The average molecular weight is 394 g/mol. The first-order valence-corrected chi connectivity index (χ1v) is 7.97. The van der Waals surface area contributed by atoms with E-state index in [1.165, 1.54) is 18.2 Å². The summed E-state index contributed by atoms with van der Waals surface area (Å²) >= 11 is 3.35. The Kier molecular flexibility index (Phi) is 4.13. The quantitative estimate of drug-likeness (QED) is 0.662. The predicted molar refractivity (Wildman–Crippen MR) is 91.3 cm³/mol. The number of pyridine rings is 1. The molecule has 1 aromatic carbocycles. The van der Waals surface area contributed by atoms with Crippen LogP contribution in [-0.2, 0) is 7.05 Å². The summed E-state index contributed by atoms with van der Waals surface area (Å²) in [6.45, 7) is 3.23. The topological polar surface area (TPSA) is 39.8 Å². The zero-order chi connectivity index (χ0) is 17.6. The van der Waals surface area contributed by atoms with Crippen molar-refractivity contribution in [3.63, 3.8) is 0 Å². The van der Waals surface area contributed by atoms with Gasteiger partial charge in [-0.3, -0.25) is 9.48 Å².